The van der Waals surface area contributed by atoms with E-state index in [1.54, 1.807) is 7.05 Å². The summed E-state index contributed by atoms with van der Waals surface area (Å²) in [6.45, 7) is 5.81. The molecule has 1 aliphatic heterocycles. The van der Waals surface area contributed by atoms with Crippen LogP contribution in [0.3, 0.4) is 0 Å². The van der Waals surface area contributed by atoms with E-state index in [-0.39, 0.29) is 0 Å². The number of nitrogens with zero attached hydrogens (tertiary/aromatic N) is 5. The molecule has 1 fully saturated rings. The third-order valence-electron chi connectivity index (χ3n) is 3.40. The van der Waals surface area contributed by atoms with E-state index in [0.717, 1.165) is 24.5 Å². The minimum atomic E-state index is 0.561. The van der Waals surface area contributed by atoms with Crippen LogP contribution in [0, 0.1) is 13.8 Å². The molecule has 0 spiro atoms. The Balaban J connectivity index is 1.88. The molecular formula is C13H18N6OS. The Morgan fingerprint density at radius 2 is 1.86 bits per heavy atom. The van der Waals surface area contributed by atoms with Gasteiger partial charge in [0.2, 0.25) is 17.1 Å². The molecule has 1 saturated heterocycles. The van der Waals surface area contributed by atoms with Crippen LogP contribution in [0.4, 0.5) is 11.9 Å². The zero-order valence-corrected chi connectivity index (χ0v) is 13.2. The smallest absolute Gasteiger partial charge is 0.264 e. The van der Waals surface area contributed by atoms with Gasteiger partial charge in [0.05, 0.1) is 5.69 Å². The van der Waals surface area contributed by atoms with E-state index >= 15 is 0 Å². The molecular weight excluding hydrogens is 288 g/mol. The summed E-state index contributed by atoms with van der Waals surface area (Å²) in [6.07, 6.45) is 2.36. The summed E-state index contributed by atoms with van der Waals surface area (Å²) in [4.78, 5) is 19.8. The molecule has 0 bridgehead atoms. The summed E-state index contributed by atoms with van der Waals surface area (Å²) in [5.41, 5.74) is 0.889. The highest BCUT2D eigenvalue weighted by molar-refractivity contribution is 7.98. The van der Waals surface area contributed by atoms with Crippen molar-refractivity contribution in [2.24, 2.45) is 0 Å². The Hall–Kier alpha value is -1.83. The Morgan fingerprint density at radius 3 is 2.48 bits per heavy atom. The molecule has 0 aliphatic carbocycles. The molecule has 0 saturated carbocycles. The van der Waals surface area contributed by atoms with Crippen LogP contribution in [-0.2, 0) is 0 Å². The lowest BCUT2D eigenvalue weighted by molar-refractivity contribution is 0.430. The molecule has 2 aromatic rings. The van der Waals surface area contributed by atoms with E-state index in [2.05, 4.69) is 30.2 Å². The van der Waals surface area contributed by atoms with Gasteiger partial charge in [-0.2, -0.15) is 15.0 Å². The summed E-state index contributed by atoms with van der Waals surface area (Å²) in [5, 5.41) is 4.14. The predicted octanol–water partition coefficient (Wildman–Crippen LogP) is 2.27. The lowest BCUT2D eigenvalue weighted by atomic mass is 10.4. The van der Waals surface area contributed by atoms with Gasteiger partial charge in [-0.15, -0.1) is 0 Å². The highest BCUT2D eigenvalue weighted by Crippen LogP contribution is 2.28. The molecule has 3 heterocycles. The third-order valence-corrected chi connectivity index (χ3v) is 4.12. The fourth-order valence-corrected chi connectivity index (χ4v) is 2.89. The number of rotatable bonds is 4. The van der Waals surface area contributed by atoms with E-state index in [1.165, 1.54) is 24.6 Å². The lowest BCUT2D eigenvalue weighted by Gasteiger charge is -2.15. The van der Waals surface area contributed by atoms with Gasteiger partial charge in [-0.1, -0.05) is 0 Å². The largest absolute Gasteiger partial charge is 0.436 e. The van der Waals surface area contributed by atoms with Gasteiger partial charge in [0.15, 0.2) is 0 Å². The number of anilines is 2. The zero-order chi connectivity index (χ0) is 14.8. The second-order valence-electron chi connectivity index (χ2n) is 4.91. The minimum absolute atomic E-state index is 0.561. The van der Waals surface area contributed by atoms with Crippen molar-refractivity contribution in [1.29, 1.82) is 0 Å². The maximum absolute atomic E-state index is 5.57. The van der Waals surface area contributed by atoms with Crippen LogP contribution < -0.4 is 10.2 Å². The minimum Gasteiger partial charge on any atom is -0.436 e. The molecule has 3 rings (SSSR count). The van der Waals surface area contributed by atoms with Crippen molar-refractivity contribution in [2.45, 2.75) is 37.1 Å². The molecule has 1 N–H and O–H groups in total. The van der Waals surface area contributed by atoms with Crippen molar-refractivity contribution >= 4 is 23.7 Å². The molecule has 2 aromatic heterocycles. The first-order chi connectivity index (χ1) is 10.2. The van der Waals surface area contributed by atoms with Crippen molar-refractivity contribution in [2.75, 3.05) is 30.4 Å². The van der Waals surface area contributed by atoms with Gasteiger partial charge in [0, 0.05) is 31.9 Å². The number of aromatic nitrogens is 4. The summed E-state index contributed by atoms with van der Waals surface area (Å²) < 4.78 is 5.57. The van der Waals surface area contributed by atoms with Crippen molar-refractivity contribution in [3.05, 3.63) is 11.5 Å². The van der Waals surface area contributed by atoms with E-state index in [0.29, 0.717) is 22.3 Å². The van der Waals surface area contributed by atoms with E-state index in [9.17, 15) is 0 Å². The van der Waals surface area contributed by atoms with Crippen LogP contribution in [0.5, 0.6) is 0 Å². The number of hydrogen-bond donors (Lipinski definition) is 1. The molecule has 0 amide bonds. The molecule has 0 radical (unpaired) electrons. The van der Waals surface area contributed by atoms with Gasteiger partial charge in [-0.05, 0) is 26.7 Å². The normalized spacial score (nSPS) is 14.7. The SMILES string of the molecule is CNc1nc(Sc2nc(C)c(C)o2)nc(N2CCCC2)n1. The fourth-order valence-electron chi connectivity index (χ4n) is 2.13. The van der Waals surface area contributed by atoms with Crippen LogP contribution in [0.1, 0.15) is 24.3 Å². The van der Waals surface area contributed by atoms with Crippen molar-refractivity contribution < 1.29 is 4.42 Å². The standard InChI is InChI=1S/C13H18N6OS/c1-8-9(2)20-13(15-8)21-12-17-10(14-3)16-11(18-12)19-6-4-5-7-19/h4-7H2,1-3H3,(H,14,16,17,18). The molecule has 21 heavy (non-hydrogen) atoms. The second-order valence-corrected chi connectivity index (χ2v) is 5.83. The highest BCUT2D eigenvalue weighted by atomic mass is 32.2. The van der Waals surface area contributed by atoms with Gasteiger partial charge in [-0.3, -0.25) is 0 Å². The zero-order valence-electron chi connectivity index (χ0n) is 12.4. The molecule has 7 nitrogen and oxygen atoms in total. The summed E-state index contributed by atoms with van der Waals surface area (Å²) in [7, 11) is 1.80. The number of aryl methyl sites for hydroxylation is 2. The van der Waals surface area contributed by atoms with Gasteiger partial charge < -0.3 is 14.6 Å². The van der Waals surface area contributed by atoms with E-state index in [1.807, 2.05) is 13.8 Å². The first-order valence-electron chi connectivity index (χ1n) is 6.96. The average Bonchev–Trinajstić information content (AvgIpc) is 3.09. The van der Waals surface area contributed by atoms with Gasteiger partial charge >= 0.3 is 0 Å². The molecule has 0 aromatic carbocycles. The third kappa shape index (κ3) is 3.10. The molecule has 8 heteroatoms. The summed E-state index contributed by atoms with van der Waals surface area (Å²) in [5.74, 6) is 2.10. The van der Waals surface area contributed by atoms with Gasteiger partial charge in [-0.25, -0.2) is 4.98 Å². The Bertz CT molecular complexity index is 618. The molecule has 0 unspecified atom stereocenters. The number of nitrogens with one attached hydrogen (secondary N) is 1. The lowest BCUT2D eigenvalue weighted by Crippen LogP contribution is -2.21. The van der Waals surface area contributed by atoms with Crippen molar-refractivity contribution in [1.82, 2.24) is 19.9 Å². The quantitative estimate of drug-likeness (QED) is 0.921. The maximum Gasteiger partial charge on any atom is 0.264 e. The van der Waals surface area contributed by atoms with Crippen LogP contribution in [-0.4, -0.2) is 40.1 Å². The van der Waals surface area contributed by atoms with Gasteiger partial charge in [0.25, 0.3) is 5.22 Å². The van der Waals surface area contributed by atoms with Crippen molar-refractivity contribution in [3.8, 4) is 0 Å². The Labute approximate surface area is 127 Å². The Kier molecular flexibility index (Phi) is 3.96. The van der Waals surface area contributed by atoms with Gasteiger partial charge in [0.1, 0.15) is 5.76 Å². The van der Waals surface area contributed by atoms with Crippen molar-refractivity contribution in [3.63, 3.8) is 0 Å². The van der Waals surface area contributed by atoms with E-state index < -0.39 is 0 Å². The highest BCUT2D eigenvalue weighted by Gasteiger charge is 2.18. The average molecular weight is 306 g/mol. The first kappa shape index (κ1) is 14.1. The number of oxazole rings is 1. The van der Waals surface area contributed by atoms with Crippen LogP contribution in [0.15, 0.2) is 14.8 Å². The van der Waals surface area contributed by atoms with E-state index in [4.69, 9.17) is 4.42 Å². The number of hydrogen-bond acceptors (Lipinski definition) is 8. The fraction of sp³-hybridized carbons (Fsp3) is 0.538. The first-order valence-corrected chi connectivity index (χ1v) is 7.78. The monoisotopic (exact) mass is 306 g/mol. The Morgan fingerprint density at radius 1 is 1.10 bits per heavy atom. The van der Waals surface area contributed by atoms with Crippen LogP contribution in [0.25, 0.3) is 0 Å². The molecule has 112 valence electrons. The van der Waals surface area contributed by atoms with Crippen LogP contribution in [0.2, 0.25) is 0 Å². The summed E-state index contributed by atoms with van der Waals surface area (Å²) in [6, 6.07) is 0. The second kappa shape index (κ2) is 5.88. The molecule has 0 atom stereocenters. The summed E-state index contributed by atoms with van der Waals surface area (Å²) >= 11 is 1.32. The topological polar surface area (TPSA) is 80.0 Å². The molecule has 1 aliphatic rings. The predicted molar refractivity (Wildman–Crippen MR) is 80.9 cm³/mol. The maximum atomic E-state index is 5.57. The van der Waals surface area contributed by atoms with Crippen LogP contribution >= 0.6 is 11.8 Å².